The third-order valence-corrected chi connectivity index (χ3v) is 4.22. The summed E-state index contributed by atoms with van der Waals surface area (Å²) in [7, 11) is 0. The van der Waals surface area contributed by atoms with Crippen molar-refractivity contribution in [3.63, 3.8) is 0 Å². The van der Waals surface area contributed by atoms with Crippen molar-refractivity contribution in [3.05, 3.63) is 103 Å². The van der Waals surface area contributed by atoms with Crippen LogP contribution in [-0.4, -0.2) is 11.9 Å². The number of hydrogen-bond donors (Lipinski definition) is 0. The van der Waals surface area contributed by atoms with Crippen molar-refractivity contribution >= 4 is 11.9 Å². The summed E-state index contributed by atoms with van der Waals surface area (Å²) in [6.45, 7) is 2.78. The number of esters is 2. The number of carbonyl (C=O) groups excluding carboxylic acids is 2. The topological polar surface area (TPSA) is 52.6 Å². The van der Waals surface area contributed by atoms with E-state index < -0.39 is 12.2 Å². The molecule has 0 unspecified atom stereocenters. The zero-order valence-electron chi connectivity index (χ0n) is 15.3. The highest BCUT2D eigenvalue weighted by molar-refractivity contribution is 5.69. The fraction of sp³-hybridized carbons (Fsp3) is 0.174. The number of ether oxygens (including phenoxy) is 2. The second-order valence-electron chi connectivity index (χ2n) is 6.24. The van der Waals surface area contributed by atoms with Crippen LogP contribution in [0.3, 0.4) is 0 Å². The molecule has 0 saturated heterocycles. The zero-order chi connectivity index (χ0) is 19.2. The first-order valence-electron chi connectivity index (χ1n) is 8.76. The van der Waals surface area contributed by atoms with Gasteiger partial charge in [-0.1, -0.05) is 60.7 Å². The van der Waals surface area contributed by atoms with Gasteiger partial charge in [-0.15, -0.1) is 0 Å². The van der Waals surface area contributed by atoms with Gasteiger partial charge in [0.1, 0.15) is 12.2 Å². The lowest BCUT2D eigenvalue weighted by Gasteiger charge is -2.32. The number of rotatable bonds is 6. The van der Waals surface area contributed by atoms with Crippen LogP contribution < -0.4 is 0 Å². The average Bonchev–Trinajstić information content (AvgIpc) is 3.14. The molecule has 2 atom stereocenters. The molecule has 1 aliphatic carbocycles. The van der Waals surface area contributed by atoms with Crippen molar-refractivity contribution in [1.82, 2.24) is 0 Å². The van der Waals surface area contributed by atoms with E-state index in [0.29, 0.717) is 0 Å². The van der Waals surface area contributed by atoms with E-state index >= 15 is 0 Å². The molecule has 3 rings (SSSR count). The van der Waals surface area contributed by atoms with E-state index in [0.717, 1.165) is 23.0 Å². The Balaban J connectivity index is 1.94. The van der Waals surface area contributed by atoms with E-state index in [1.807, 2.05) is 79.9 Å². The second-order valence-corrected chi connectivity index (χ2v) is 6.24. The van der Waals surface area contributed by atoms with Crippen LogP contribution in [0.1, 0.15) is 37.2 Å². The van der Waals surface area contributed by atoms with Gasteiger partial charge in [0.15, 0.2) is 0 Å². The Hall–Kier alpha value is -2.62. The molecule has 0 heterocycles. The lowest BCUT2D eigenvalue weighted by atomic mass is 9.81. The Bertz CT molecular complexity index is 691. The fourth-order valence-electron chi connectivity index (χ4n) is 3.14. The molecular formula is C23H21O4. The van der Waals surface area contributed by atoms with Crippen LogP contribution >= 0.6 is 0 Å². The van der Waals surface area contributed by atoms with Crippen LogP contribution in [0.4, 0.5) is 0 Å². The maximum atomic E-state index is 11.7. The zero-order valence-corrected chi connectivity index (χ0v) is 15.3. The predicted octanol–water partition coefficient (Wildman–Crippen LogP) is 4.37. The Morgan fingerprint density at radius 2 is 1.04 bits per heavy atom. The first-order valence-corrected chi connectivity index (χ1v) is 8.76. The van der Waals surface area contributed by atoms with Crippen molar-refractivity contribution in [1.29, 1.82) is 0 Å². The lowest BCUT2D eigenvalue weighted by Crippen LogP contribution is -2.25. The van der Waals surface area contributed by atoms with Gasteiger partial charge in [0.25, 0.3) is 0 Å². The van der Waals surface area contributed by atoms with Crippen LogP contribution in [0.25, 0.3) is 0 Å². The first-order chi connectivity index (χ1) is 13.1. The molecule has 0 aromatic heterocycles. The van der Waals surface area contributed by atoms with Gasteiger partial charge in [-0.2, -0.15) is 0 Å². The Labute approximate surface area is 160 Å². The molecule has 2 aromatic carbocycles. The molecule has 1 fully saturated rings. The van der Waals surface area contributed by atoms with Crippen molar-refractivity contribution in [3.8, 4) is 0 Å². The molecule has 0 aliphatic heterocycles. The summed E-state index contributed by atoms with van der Waals surface area (Å²) < 4.78 is 11.3. The van der Waals surface area contributed by atoms with Crippen LogP contribution in [0, 0.1) is 31.1 Å². The quantitative estimate of drug-likeness (QED) is 0.717. The standard InChI is InChI=1S/C23H21O4/c1-16(24)26-22(18-10-5-3-6-11-18)20-14-9-15-21(20)23(27-17(2)25)19-12-7-4-8-13-19/h3-15,22-23H,1-2H3/t22-,23-/m0/s1. The fourth-order valence-corrected chi connectivity index (χ4v) is 3.14. The predicted molar refractivity (Wildman–Crippen MR) is 101 cm³/mol. The van der Waals surface area contributed by atoms with Gasteiger partial charge in [0.2, 0.25) is 0 Å². The smallest absolute Gasteiger partial charge is 0.303 e. The molecule has 27 heavy (non-hydrogen) atoms. The SMILES string of the molecule is CC(=O)O[C@H]([C]1[CH][CH][CH][C]1[C@@H](OC(C)=O)c1ccccc1)c1ccccc1. The largest absolute Gasteiger partial charge is 0.457 e. The maximum Gasteiger partial charge on any atom is 0.303 e. The van der Waals surface area contributed by atoms with E-state index in [1.54, 1.807) is 0 Å². The Morgan fingerprint density at radius 3 is 1.37 bits per heavy atom. The molecule has 2 aromatic rings. The highest BCUT2D eigenvalue weighted by Gasteiger charge is 2.44. The second kappa shape index (κ2) is 8.85. The Morgan fingerprint density at radius 1 is 0.667 bits per heavy atom. The summed E-state index contributed by atoms with van der Waals surface area (Å²) in [6, 6.07) is 19.1. The third-order valence-electron chi connectivity index (χ3n) is 4.22. The third kappa shape index (κ3) is 4.76. The molecule has 0 bridgehead atoms. The average molecular weight is 361 g/mol. The summed E-state index contributed by atoms with van der Waals surface area (Å²) in [5.41, 5.74) is 1.71. The monoisotopic (exact) mass is 361 g/mol. The summed E-state index contributed by atoms with van der Waals surface area (Å²) in [6.07, 6.45) is 4.53. The highest BCUT2D eigenvalue weighted by Crippen LogP contribution is 2.50. The molecule has 0 N–H and O–H groups in total. The van der Waals surface area contributed by atoms with Gasteiger partial charge in [-0.25, -0.2) is 0 Å². The summed E-state index contributed by atoms with van der Waals surface area (Å²) >= 11 is 0. The molecule has 1 aliphatic rings. The van der Waals surface area contributed by atoms with E-state index in [9.17, 15) is 9.59 Å². The number of benzene rings is 2. The van der Waals surface area contributed by atoms with Gasteiger partial charge in [-0.05, 0) is 30.4 Å². The van der Waals surface area contributed by atoms with Gasteiger partial charge >= 0.3 is 11.9 Å². The molecule has 137 valence electrons. The van der Waals surface area contributed by atoms with Crippen molar-refractivity contribution in [2.24, 2.45) is 0 Å². The number of hydrogen-bond acceptors (Lipinski definition) is 4. The van der Waals surface area contributed by atoms with Gasteiger partial charge < -0.3 is 9.47 Å². The normalized spacial score (nSPS) is 17.3. The highest BCUT2D eigenvalue weighted by atomic mass is 16.5. The minimum Gasteiger partial charge on any atom is -0.457 e. The van der Waals surface area contributed by atoms with Crippen LogP contribution in [-0.2, 0) is 19.1 Å². The Kier molecular flexibility index (Phi) is 6.28. The summed E-state index contributed by atoms with van der Waals surface area (Å²) in [5.74, 6) is 0.845. The van der Waals surface area contributed by atoms with Gasteiger partial charge in [0.05, 0.1) is 0 Å². The molecule has 5 radical (unpaired) electrons. The molecular weight excluding hydrogens is 340 g/mol. The van der Waals surface area contributed by atoms with E-state index in [4.69, 9.17) is 9.47 Å². The minimum absolute atomic E-state index is 0.375. The lowest BCUT2D eigenvalue weighted by molar-refractivity contribution is -0.148. The van der Waals surface area contributed by atoms with Gasteiger partial charge in [-0.3, -0.25) is 9.59 Å². The molecule has 4 heteroatoms. The molecule has 0 spiro atoms. The van der Waals surface area contributed by atoms with Crippen molar-refractivity contribution in [2.75, 3.05) is 0 Å². The van der Waals surface area contributed by atoms with Crippen LogP contribution in [0.15, 0.2) is 60.7 Å². The molecule has 4 nitrogen and oxygen atoms in total. The first kappa shape index (κ1) is 19.2. The van der Waals surface area contributed by atoms with E-state index in [1.165, 1.54) is 13.8 Å². The van der Waals surface area contributed by atoms with Crippen LogP contribution in [0.2, 0.25) is 0 Å². The van der Waals surface area contributed by atoms with E-state index in [-0.39, 0.29) is 11.9 Å². The summed E-state index contributed by atoms with van der Waals surface area (Å²) in [4.78, 5) is 23.5. The van der Waals surface area contributed by atoms with Gasteiger partial charge in [0, 0.05) is 25.7 Å². The molecule has 0 amide bonds. The maximum absolute atomic E-state index is 11.7. The van der Waals surface area contributed by atoms with E-state index in [2.05, 4.69) is 0 Å². The molecule has 1 saturated carbocycles. The summed E-state index contributed by atoms with van der Waals surface area (Å²) in [5, 5.41) is 0. The number of carbonyl (C=O) groups is 2. The van der Waals surface area contributed by atoms with Crippen LogP contribution in [0.5, 0.6) is 0 Å². The van der Waals surface area contributed by atoms with Crippen molar-refractivity contribution < 1.29 is 19.1 Å². The minimum atomic E-state index is -0.574. The van der Waals surface area contributed by atoms with Crippen molar-refractivity contribution in [2.45, 2.75) is 26.1 Å².